The Morgan fingerprint density at radius 2 is 2.00 bits per heavy atom. The summed E-state index contributed by atoms with van der Waals surface area (Å²) >= 11 is 0. The molecule has 158 valence electrons. The van der Waals surface area contributed by atoms with Crippen LogP contribution in [0.4, 0.5) is 5.69 Å². The summed E-state index contributed by atoms with van der Waals surface area (Å²) < 4.78 is 13.5. The highest BCUT2D eigenvalue weighted by Crippen LogP contribution is 2.39. The van der Waals surface area contributed by atoms with Crippen LogP contribution in [-0.2, 0) is 11.3 Å². The molecule has 1 fully saturated rings. The predicted octanol–water partition coefficient (Wildman–Crippen LogP) is 2.58. The van der Waals surface area contributed by atoms with Gasteiger partial charge in [0.25, 0.3) is 5.56 Å². The molecule has 0 aliphatic heterocycles. The first kappa shape index (κ1) is 19.1. The molecule has 1 aliphatic rings. The van der Waals surface area contributed by atoms with Gasteiger partial charge in [-0.15, -0.1) is 0 Å². The van der Waals surface area contributed by atoms with Crippen LogP contribution < -0.4 is 20.3 Å². The Labute approximate surface area is 177 Å². The zero-order chi connectivity index (χ0) is 21.5. The number of carbonyl (C=O) groups is 1. The normalized spacial score (nSPS) is 13.5. The van der Waals surface area contributed by atoms with E-state index >= 15 is 0 Å². The van der Waals surface area contributed by atoms with Crippen molar-refractivity contribution < 1.29 is 14.3 Å². The minimum Gasteiger partial charge on any atom is -0.497 e. The van der Waals surface area contributed by atoms with Gasteiger partial charge >= 0.3 is 0 Å². The average molecular weight is 419 g/mol. The van der Waals surface area contributed by atoms with E-state index in [1.165, 1.54) is 11.7 Å². The number of methoxy groups -OCH3 is 2. The number of benzene rings is 1. The highest BCUT2D eigenvalue weighted by molar-refractivity contribution is 5.93. The van der Waals surface area contributed by atoms with Crippen molar-refractivity contribution in [2.75, 3.05) is 19.5 Å². The van der Waals surface area contributed by atoms with Crippen molar-refractivity contribution in [3.05, 3.63) is 58.6 Å². The lowest BCUT2D eigenvalue weighted by molar-refractivity contribution is -0.116. The molecule has 0 spiro atoms. The highest BCUT2D eigenvalue weighted by atomic mass is 16.5. The molecule has 0 radical (unpaired) electrons. The standard InChI is InChI=1S/C22H21N5O4/c1-30-14-7-8-15(19(10-14)31-2)24-20(28)12-26-17-4-3-9-23-21(17)27-18(22(26)29)11-16(25-27)13-5-6-13/h3-4,7-11,13H,5-6,12H2,1-2H3,(H,24,28). The number of rotatable bonds is 6. The number of pyridine rings is 1. The molecule has 0 atom stereocenters. The van der Waals surface area contributed by atoms with Crippen molar-refractivity contribution in [1.29, 1.82) is 0 Å². The number of fused-ring (bicyclic) bond motifs is 3. The van der Waals surface area contributed by atoms with Crippen molar-refractivity contribution in [1.82, 2.24) is 19.2 Å². The maximum absolute atomic E-state index is 13.2. The van der Waals surface area contributed by atoms with Crippen LogP contribution in [0.5, 0.6) is 11.5 Å². The molecule has 5 rings (SSSR count). The molecule has 3 heterocycles. The minimum atomic E-state index is -0.359. The molecular formula is C22H21N5O4. The number of amides is 1. The second kappa shape index (κ2) is 7.42. The van der Waals surface area contributed by atoms with Crippen molar-refractivity contribution in [2.45, 2.75) is 25.3 Å². The molecule has 0 unspecified atom stereocenters. The summed E-state index contributed by atoms with van der Waals surface area (Å²) in [7, 11) is 3.07. The molecule has 9 nitrogen and oxygen atoms in total. The molecule has 3 aromatic heterocycles. The molecule has 9 heteroatoms. The molecule has 1 aliphatic carbocycles. The molecular weight excluding hydrogens is 398 g/mol. The van der Waals surface area contributed by atoms with E-state index in [-0.39, 0.29) is 18.0 Å². The fraction of sp³-hybridized carbons (Fsp3) is 0.273. The second-order valence-electron chi connectivity index (χ2n) is 7.49. The summed E-state index contributed by atoms with van der Waals surface area (Å²) in [6, 6.07) is 10.4. The third kappa shape index (κ3) is 3.37. The first-order chi connectivity index (χ1) is 15.1. The highest BCUT2D eigenvalue weighted by Gasteiger charge is 2.28. The van der Waals surface area contributed by atoms with Crippen molar-refractivity contribution in [2.24, 2.45) is 0 Å². The number of carbonyl (C=O) groups excluding carboxylic acids is 1. The summed E-state index contributed by atoms with van der Waals surface area (Å²) in [5, 5.41) is 7.42. The van der Waals surface area contributed by atoms with Gasteiger partial charge in [0.2, 0.25) is 5.91 Å². The number of hydrogen-bond acceptors (Lipinski definition) is 6. The quantitative estimate of drug-likeness (QED) is 0.516. The van der Waals surface area contributed by atoms with E-state index in [2.05, 4.69) is 15.4 Å². The summed E-state index contributed by atoms with van der Waals surface area (Å²) in [5.41, 5.74) is 2.61. The van der Waals surface area contributed by atoms with E-state index in [1.54, 1.807) is 48.2 Å². The Bertz CT molecular complexity index is 1370. The lowest BCUT2D eigenvalue weighted by atomic mass is 10.2. The van der Waals surface area contributed by atoms with E-state index in [0.717, 1.165) is 18.5 Å². The second-order valence-corrected chi connectivity index (χ2v) is 7.49. The van der Waals surface area contributed by atoms with Crippen LogP contribution in [-0.4, -0.2) is 39.3 Å². The summed E-state index contributed by atoms with van der Waals surface area (Å²) in [5.74, 6) is 1.12. The van der Waals surface area contributed by atoms with Gasteiger partial charge in [-0.05, 0) is 43.2 Å². The summed E-state index contributed by atoms with van der Waals surface area (Å²) in [6.07, 6.45) is 3.81. The Kier molecular flexibility index (Phi) is 4.58. The number of ether oxygens (including phenoxy) is 2. The largest absolute Gasteiger partial charge is 0.497 e. The molecule has 1 aromatic carbocycles. The van der Waals surface area contributed by atoms with Crippen LogP contribution >= 0.6 is 0 Å². The average Bonchev–Trinajstić information content (AvgIpc) is 3.55. The Morgan fingerprint density at radius 3 is 2.74 bits per heavy atom. The van der Waals surface area contributed by atoms with Crippen LogP contribution in [0.1, 0.15) is 24.5 Å². The number of nitrogens with zero attached hydrogens (tertiary/aromatic N) is 4. The number of hydrogen-bond donors (Lipinski definition) is 1. The number of aromatic nitrogens is 4. The fourth-order valence-electron chi connectivity index (χ4n) is 3.69. The third-order valence-corrected chi connectivity index (χ3v) is 5.43. The van der Waals surface area contributed by atoms with Gasteiger partial charge in [-0.1, -0.05) is 0 Å². The summed E-state index contributed by atoms with van der Waals surface area (Å²) in [4.78, 5) is 30.5. The van der Waals surface area contributed by atoms with Gasteiger partial charge < -0.3 is 14.8 Å². The van der Waals surface area contributed by atoms with Crippen LogP contribution in [0, 0.1) is 0 Å². The lowest BCUT2D eigenvalue weighted by Gasteiger charge is -2.14. The zero-order valence-corrected chi connectivity index (χ0v) is 17.2. The van der Waals surface area contributed by atoms with Crippen molar-refractivity contribution in [3.63, 3.8) is 0 Å². The van der Waals surface area contributed by atoms with Crippen molar-refractivity contribution >= 4 is 28.3 Å². The number of nitrogens with one attached hydrogen (secondary N) is 1. The van der Waals surface area contributed by atoms with Gasteiger partial charge in [0.15, 0.2) is 5.65 Å². The fourth-order valence-corrected chi connectivity index (χ4v) is 3.69. The molecule has 4 aromatic rings. The zero-order valence-electron chi connectivity index (χ0n) is 17.2. The van der Waals surface area contributed by atoms with E-state index in [9.17, 15) is 9.59 Å². The third-order valence-electron chi connectivity index (χ3n) is 5.43. The first-order valence-corrected chi connectivity index (χ1v) is 9.98. The van der Waals surface area contributed by atoms with Gasteiger partial charge in [-0.2, -0.15) is 5.10 Å². The maximum Gasteiger partial charge on any atom is 0.277 e. The van der Waals surface area contributed by atoms with E-state index in [4.69, 9.17) is 9.47 Å². The molecule has 0 saturated heterocycles. The maximum atomic E-state index is 13.2. The van der Waals surface area contributed by atoms with Gasteiger partial charge in [0, 0.05) is 18.2 Å². The summed E-state index contributed by atoms with van der Waals surface area (Å²) in [6.45, 7) is -0.170. The Hall–Kier alpha value is -3.88. The topological polar surface area (TPSA) is 99.8 Å². The van der Waals surface area contributed by atoms with Crippen LogP contribution in [0.3, 0.4) is 0 Å². The number of anilines is 1. The minimum absolute atomic E-state index is 0.170. The smallest absolute Gasteiger partial charge is 0.277 e. The SMILES string of the molecule is COc1ccc(NC(=O)Cn2c(=O)c3cc(C4CC4)nn3c3ncccc32)c(OC)c1. The van der Waals surface area contributed by atoms with E-state index in [0.29, 0.717) is 39.8 Å². The molecule has 1 N–H and O–H groups in total. The lowest BCUT2D eigenvalue weighted by Crippen LogP contribution is -2.29. The van der Waals surface area contributed by atoms with Crippen molar-refractivity contribution in [3.8, 4) is 11.5 Å². The molecule has 1 saturated carbocycles. The van der Waals surface area contributed by atoms with Gasteiger partial charge in [0.1, 0.15) is 23.6 Å². The van der Waals surface area contributed by atoms with Crippen LogP contribution in [0.25, 0.3) is 16.7 Å². The Morgan fingerprint density at radius 1 is 1.16 bits per heavy atom. The van der Waals surface area contributed by atoms with Gasteiger partial charge in [0.05, 0.1) is 31.1 Å². The van der Waals surface area contributed by atoms with Crippen LogP contribution in [0.15, 0.2) is 47.4 Å². The van der Waals surface area contributed by atoms with Crippen LogP contribution in [0.2, 0.25) is 0 Å². The van der Waals surface area contributed by atoms with Gasteiger partial charge in [-0.25, -0.2) is 9.50 Å². The molecule has 31 heavy (non-hydrogen) atoms. The molecule has 0 bridgehead atoms. The first-order valence-electron chi connectivity index (χ1n) is 9.98. The van der Waals surface area contributed by atoms with E-state index in [1.807, 2.05) is 6.07 Å². The predicted molar refractivity (Wildman–Crippen MR) is 115 cm³/mol. The van der Waals surface area contributed by atoms with E-state index < -0.39 is 0 Å². The van der Waals surface area contributed by atoms with Gasteiger partial charge in [-0.3, -0.25) is 14.2 Å². The molecule has 1 amide bonds. The Balaban J connectivity index is 1.53. The monoisotopic (exact) mass is 419 g/mol.